The number of hydrogen-bond acceptors (Lipinski definition) is 1. The van der Waals surface area contributed by atoms with E-state index in [4.69, 9.17) is 4.74 Å². The minimum absolute atomic E-state index is 0.658. The van der Waals surface area contributed by atoms with Crippen LogP contribution in [0.5, 0.6) is 0 Å². The van der Waals surface area contributed by atoms with E-state index in [0.29, 0.717) is 6.61 Å². The molecule has 0 aliphatic heterocycles. The second-order valence-corrected chi connectivity index (χ2v) is 1.85. The smallest absolute Gasteiger partial charge is 0.0646 e. The summed E-state index contributed by atoms with van der Waals surface area (Å²) in [6.45, 7) is 6.29. The van der Waals surface area contributed by atoms with Gasteiger partial charge in [-0.25, -0.2) is 0 Å². The van der Waals surface area contributed by atoms with E-state index in [0.717, 1.165) is 5.57 Å². The third-order valence-electron chi connectivity index (χ3n) is 1.14. The monoisotopic (exact) mass is 138 g/mol. The van der Waals surface area contributed by atoms with E-state index in [9.17, 15) is 0 Å². The number of methoxy groups -OCH3 is 1. The lowest BCUT2D eigenvalue weighted by atomic mass is 10.2. The van der Waals surface area contributed by atoms with Gasteiger partial charge in [-0.3, -0.25) is 0 Å². The predicted molar refractivity (Wildman–Crippen MR) is 45.0 cm³/mol. The Morgan fingerprint density at radius 3 is 2.70 bits per heavy atom. The summed E-state index contributed by atoms with van der Waals surface area (Å²) < 4.78 is 4.83. The summed E-state index contributed by atoms with van der Waals surface area (Å²) in [6, 6.07) is 0. The number of allylic oxidation sites excluding steroid dienone is 4. The first kappa shape index (κ1) is 9.18. The Hall–Kier alpha value is -0.820. The molecular formula is C9H14O. The quantitative estimate of drug-likeness (QED) is 0.542. The number of ether oxygens (including phenoxy) is 1. The van der Waals surface area contributed by atoms with Gasteiger partial charge in [0, 0.05) is 7.11 Å². The van der Waals surface area contributed by atoms with Crippen molar-refractivity contribution < 1.29 is 4.74 Å². The molecule has 0 spiro atoms. The zero-order chi connectivity index (χ0) is 7.82. The molecule has 0 N–H and O–H groups in total. The van der Waals surface area contributed by atoms with Gasteiger partial charge in [-0.05, 0) is 12.5 Å². The first-order valence-corrected chi connectivity index (χ1v) is 3.29. The van der Waals surface area contributed by atoms with Crippen molar-refractivity contribution in [1.29, 1.82) is 0 Å². The fourth-order valence-corrected chi connectivity index (χ4v) is 0.563. The van der Waals surface area contributed by atoms with Gasteiger partial charge < -0.3 is 4.74 Å². The molecule has 0 rings (SSSR count). The van der Waals surface area contributed by atoms with Crippen molar-refractivity contribution >= 4 is 0 Å². The zero-order valence-corrected chi connectivity index (χ0v) is 6.63. The highest BCUT2D eigenvalue weighted by Gasteiger charge is 1.78. The minimum atomic E-state index is 0.658. The van der Waals surface area contributed by atoms with E-state index >= 15 is 0 Å². The van der Waals surface area contributed by atoms with Gasteiger partial charge >= 0.3 is 0 Å². The van der Waals surface area contributed by atoms with Crippen molar-refractivity contribution in [1.82, 2.24) is 0 Å². The van der Waals surface area contributed by atoms with Crippen molar-refractivity contribution in [2.24, 2.45) is 0 Å². The second-order valence-electron chi connectivity index (χ2n) is 1.85. The van der Waals surface area contributed by atoms with Crippen LogP contribution < -0.4 is 0 Å². The average molecular weight is 138 g/mol. The molecule has 0 aromatic carbocycles. The van der Waals surface area contributed by atoms with Crippen LogP contribution in [-0.2, 0) is 4.74 Å². The van der Waals surface area contributed by atoms with E-state index in [1.807, 2.05) is 31.2 Å². The average Bonchev–Trinajstić information content (AvgIpc) is 1.99. The minimum Gasteiger partial charge on any atom is -0.381 e. The lowest BCUT2D eigenvalue weighted by Crippen LogP contribution is -1.80. The van der Waals surface area contributed by atoms with Crippen LogP contribution in [0.3, 0.4) is 0 Å². The van der Waals surface area contributed by atoms with Crippen LogP contribution in [0, 0.1) is 0 Å². The Labute approximate surface area is 62.7 Å². The maximum absolute atomic E-state index is 4.83. The molecule has 1 nitrogen and oxygen atoms in total. The first-order valence-electron chi connectivity index (χ1n) is 3.29. The summed E-state index contributed by atoms with van der Waals surface area (Å²) in [5.41, 5.74) is 1.12. The standard InChI is InChI=1S/C9H14O/c1-4-9(5-2)7-6-8-10-3/h4-7H,1,8H2,2-3H3/b7-6+,9-5+. The largest absolute Gasteiger partial charge is 0.381 e. The summed E-state index contributed by atoms with van der Waals surface area (Å²) in [5, 5.41) is 0. The zero-order valence-electron chi connectivity index (χ0n) is 6.63. The van der Waals surface area contributed by atoms with Crippen LogP contribution in [0.2, 0.25) is 0 Å². The Morgan fingerprint density at radius 1 is 1.60 bits per heavy atom. The Kier molecular flexibility index (Phi) is 5.79. The number of hydrogen-bond donors (Lipinski definition) is 0. The fraction of sp³-hybridized carbons (Fsp3) is 0.333. The molecule has 0 amide bonds. The van der Waals surface area contributed by atoms with E-state index in [-0.39, 0.29) is 0 Å². The maximum atomic E-state index is 4.83. The molecular weight excluding hydrogens is 124 g/mol. The van der Waals surface area contributed by atoms with Gasteiger partial charge in [-0.15, -0.1) is 0 Å². The summed E-state index contributed by atoms with van der Waals surface area (Å²) in [4.78, 5) is 0. The normalized spacial score (nSPS) is 12.4. The molecule has 0 atom stereocenters. The highest BCUT2D eigenvalue weighted by Crippen LogP contribution is 1.96. The molecule has 0 unspecified atom stereocenters. The molecule has 0 saturated heterocycles. The molecule has 10 heavy (non-hydrogen) atoms. The molecule has 0 heterocycles. The van der Waals surface area contributed by atoms with Gasteiger partial charge in [0.25, 0.3) is 0 Å². The van der Waals surface area contributed by atoms with Crippen LogP contribution >= 0.6 is 0 Å². The van der Waals surface area contributed by atoms with Crippen molar-refractivity contribution in [2.75, 3.05) is 13.7 Å². The van der Waals surface area contributed by atoms with Crippen LogP contribution in [-0.4, -0.2) is 13.7 Å². The van der Waals surface area contributed by atoms with Gasteiger partial charge in [0.2, 0.25) is 0 Å². The number of rotatable bonds is 4. The van der Waals surface area contributed by atoms with E-state index in [1.54, 1.807) is 7.11 Å². The second kappa shape index (κ2) is 6.30. The van der Waals surface area contributed by atoms with Gasteiger partial charge in [0.15, 0.2) is 0 Å². The van der Waals surface area contributed by atoms with Crippen LogP contribution in [0.4, 0.5) is 0 Å². The van der Waals surface area contributed by atoms with Crippen LogP contribution in [0.15, 0.2) is 36.5 Å². The molecule has 0 radical (unpaired) electrons. The van der Waals surface area contributed by atoms with Gasteiger partial charge in [0.05, 0.1) is 6.61 Å². The van der Waals surface area contributed by atoms with E-state index < -0.39 is 0 Å². The Balaban J connectivity index is 3.74. The van der Waals surface area contributed by atoms with Crippen LogP contribution in [0.1, 0.15) is 6.92 Å². The first-order chi connectivity index (χ1) is 4.85. The highest BCUT2D eigenvalue weighted by molar-refractivity contribution is 5.28. The summed E-state index contributed by atoms with van der Waals surface area (Å²) in [7, 11) is 1.67. The third-order valence-corrected chi connectivity index (χ3v) is 1.14. The van der Waals surface area contributed by atoms with Gasteiger partial charge in [-0.2, -0.15) is 0 Å². The molecule has 0 aromatic rings. The molecule has 0 aliphatic rings. The molecule has 0 aromatic heterocycles. The molecule has 0 saturated carbocycles. The SMILES string of the molecule is C=CC(/C=C/COC)=C\C. The van der Waals surface area contributed by atoms with Crippen molar-refractivity contribution in [3.05, 3.63) is 36.5 Å². The van der Waals surface area contributed by atoms with E-state index in [1.165, 1.54) is 0 Å². The molecule has 0 bridgehead atoms. The Bertz CT molecular complexity index is 143. The maximum Gasteiger partial charge on any atom is 0.0646 e. The predicted octanol–water partition coefficient (Wildman–Crippen LogP) is 2.32. The van der Waals surface area contributed by atoms with Gasteiger partial charge in [-0.1, -0.05) is 30.9 Å². The molecule has 56 valence electrons. The highest BCUT2D eigenvalue weighted by atomic mass is 16.5. The molecule has 0 fully saturated rings. The lowest BCUT2D eigenvalue weighted by Gasteiger charge is -1.89. The van der Waals surface area contributed by atoms with Crippen LogP contribution in [0.25, 0.3) is 0 Å². The molecule has 1 heteroatoms. The summed E-state index contributed by atoms with van der Waals surface area (Å²) in [6.07, 6.45) is 7.75. The molecule has 0 aliphatic carbocycles. The van der Waals surface area contributed by atoms with Crippen molar-refractivity contribution in [2.45, 2.75) is 6.92 Å². The van der Waals surface area contributed by atoms with Gasteiger partial charge in [0.1, 0.15) is 0 Å². The lowest BCUT2D eigenvalue weighted by molar-refractivity contribution is 0.234. The van der Waals surface area contributed by atoms with E-state index in [2.05, 4.69) is 6.58 Å². The summed E-state index contributed by atoms with van der Waals surface area (Å²) >= 11 is 0. The topological polar surface area (TPSA) is 9.23 Å². The fourth-order valence-electron chi connectivity index (χ4n) is 0.563. The van der Waals surface area contributed by atoms with Crippen molar-refractivity contribution in [3.63, 3.8) is 0 Å². The summed E-state index contributed by atoms with van der Waals surface area (Å²) in [5.74, 6) is 0. The van der Waals surface area contributed by atoms with Crippen molar-refractivity contribution in [3.8, 4) is 0 Å². The third kappa shape index (κ3) is 4.10. The Morgan fingerprint density at radius 2 is 2.30 bits per heavy atom.